The summed E-state index contributed by atoms with van der Waals surface area (Å²) in [7, 11) is 1.32. The van der Waals surface area contributed by atoms with E-state index < -0.39 is 0 Å². The van der Waals surface area contributed by atoms with E-state index in [1.165, 1.54) is 7.11 Å². The van der Waals surface area contributed by atoms with E-state index in [2.05, 4.69) is 20.7 Å². The van der Waals surface area contributed by atoms with Crippen molar-refractivity contribution < 1.29 is 9.53 Å². The van der Waals surface area contributed by atoms with Crippen LogP contribution in [-0.4, -0.2) is 13.1 Å². The lowest BCUT2D eigenvalue weighted by molar-refractivity contribution is -0.139. The van der Waals surface area contributed by atoms with Gasteiger partial charge in [-0.1, -0.05) is 23.2 Å². The van der Waals surface area contributed by atoms with Crippen molar-refractivity contribution >= 4 is 45.1 Å². The summed E-state index contributed by atoms with van der Waals surface area (Å²) in [6.07, 6.45) is 0.0770. The predicted molar refractivity (Wildman–Crippen MR) is 59.9 cm³/mol. The monoisotopic (exact) mass is 296 g/mol. The summed E-state index contributed by atoms with van der Waals surface area (Å²) in [6, 6.07) is 3.40. The lowest BCUT2D eigenvalue weighted by Gasteiger charge is -2.06. The molecule has 14 heavy (non-hydrogen) atoms. The van der Waals surface area contributed by atoms with Crippen LogP contribution in [0.3, 0.4) is 0 Å². The zero-order chi connectivity index (χ0) is 10.7. The molecule has 0 saturated heterocycles. The van der Waals surface area contributed by atoms with E-state index >= 15 is 0 Å². The third-order valence-electron chi connectivity index (χ3n) is 1.69. The Balaban J connectivity index is 3.06. The first kappa shape index (κ1) is 11.8. The van der Waals surface area contributed by atoms with E-state index in [0.29, 0.717) is 20.1 Å². The maximum absolute atomic E-state index is 11.0. The highest BCUT2D eigenvalue weighted by Gasteiger charge is 2.13. The van der Waals surface area contributed by atoms with Gasteiger partial charge in [0.05, 0.1) is 18.6 Å². The Bertz CT molecular complexity index is 366. The van der Waals surface area contributed by atoms with Crippen molar-refractivity contribution in [3.05, 3.63) is 32.2 Å². The lowest BCUT2D eigenvalue weighted by atomic mass is 10.1. The van der Waals surface area contributed by atoms with E-state index in [0.717, 1.165) is 0 Å². The molecule has 0 spiro atoms. The topological polar surface area (TPSA) is 26.3 Å². The lowest BCUT2D eigenvalue weighted by Crippen LogP contribution is -2.05. The first-order valence-electron chi connectivity index (χ1n) is 3.75. The van der Waals surface area contributed by atoms with Crippen molar-refractivity contribution in [2.45, 2.75) is 6.42 Å². The molecule has 1 aromatic rings. The molecule has 5 heteroatoms. The minimum atomic E-state index is -0.369. The molecule has 1 rings (SSSR count). The van der Waals surface area contributed by atoms with Crippen LogP contribution in [0.5, 0.6) is 0 Å². The third-order valence-corrected chi connectivity index (χ3v) is 3.36. The number of hydrogen-bond acceptors (Lipinski definition) is 2. The number of hydrogen-bond donors (Lipinski definition) is 0. The molecule has 0 N–H and O–H groups in total. The molecule has 0 fully saturated rings. The van der Waals surface area contributed by atoms with Crippen LogP contribution in [0.25, 0.3) is 0 Å². The first-order valence-corrected chi connectivity index (χ1v) is 5.30. The average molecular weight is 298 g/mol. The fourth-order valence-corrected chi connectivity index (χ4v) is 1.82. The second-order valence-electron chi connectivity index (χ2n) is 2.57. The van der Waals surface area contributed by atoms with Gasteiger partial charge in [-0.25, -0.2) is 0 Å². The van der Waals surface area contributed by atoms with Gasteiger partial charge in [0.2, 0.25) is 0 Å². The highest BCUT2D eigenvalue weighted by atomic mass is 79.9. The zero-order valence-electron chi connectivity index (χ0n) is 7.31. The second-order valence-corrected chi connectivity index (χ2v) is 4.21. The molecule has 2 nitrogen and oxygen atoms in total. The Morgan fingerprint density at radius 1 is 1.50 bits per heavy atom. The molecule has 0 atom stereocenters. The number of halogens is 3. The Morgan fingerprint density at radius 3 is 2.71 bits per heavy atom. The number of ether oxygens (including phenoxy) is 1. The molecular formula is C9H7BrCl2O2. The van der Waals surface area contributed by atoms with Gasteiger partial charge in [0.15, 0.2) is 0 Å². The minimum Gasteiger partial charge on any atom is -0.469 e. The van der Waals surface area contributed by atoms with Gasteiger partial charge in [-0.05, 0) is 28.1 Å². The fourth-order valence-electron chi connectivity index (χ4n) is 0.948. The van der Waals surface area contributed by atoms with Crippen LogP contribution in [0, 0.1) is 0 Å². The SMILES string of the molecule is COC(=O)Cc1c(Cl)ccc(Br)c1Cl. The van der Waals surface area contributed by atoms with Gasteiger partial charge in [0, 0.05) is 15.1 Å². The number of esters is 1. The number of rotatable bonds is 2. The molecule has 0 bridgehead atoms. The normalized spacial score (nSPS) is 10.0. The Labute approximate surface area is 100 Å². The van der Waals surface area contributed by atoms with E-state index in [4.69, 9.17) is 23.2 Å². The van der Waals surface area contributed by atoms with Crippen LogP contribution in [0.2, 0.25) is 10.0 Å². The molecule has 0 aliphatic heterocycles. The van der Waals surface area contributed by atoms with Crippen LogP contribution < -0.4 is 0 Å². The molecule has 1 aromatic carbocycles. The van der Waals surface area contributed by atoms with Crippen molar-refractivity contribution in [2.24, 2.45) is 0 Å². The molecule has 0 aliphatic carbocycles. The quantitative estimate of drug-likeness (QED) is 0.617. The van der Waals surface area contributed by atoms with Gasteiger partial charge in [-0.3, -0.25) is 4.79 Å². The number of methoxy groups -OCH3 is 1. The van der Waals surface area contributed by atoms with Gasteiger partial charge in [0.25, 0.3) is 0 Å². The van der Waals surface area contributed by atoms with Crippen molar-refractivity contribution in [3.63, 3.8) is 0 Å². The highest BCUT2D eigenvalue weighted by Crippen LogP contribution is 2.32. The number of benzene rings is 1. The largest absolute Gasteiger partial charge is 0.469 e. The molecule has 0 unspecified atom stereocenters. The van der Waals surface area contributed by atoms with E-state index in [1.807, 2.05) is 0 Å². The molecule has 0 aliphatic rings. The van der Waals surface area contributed by atoms with Gasteiger partial charge in [0.1, 0.15) is 0 Å². The van der Waals surface area contributed by atoms with E-state index in [9.17, 15) is 4.79 Å². The summed E-state index contributed by atoms with van der Waals surface area (Å²) >= 11 is 15.1. The second kappa shape index (κ2) is 5.01. The summed E-state index contributed by atoms with van der Waals surface area (Å²) in [5, 5.41) is 0.909. The maximum Gasteiger partial charge on any atom is 0.310 e. The summed E-state index contributed by atoms with van der Waals surface area (Å²) < 4.78 is 5.24. The number of carbonyl (C=O) groups excluding carboxylic acids is 1. The van der Waals surface area contributed by atoms with Gasteiger partial charge >= 0.3 is 5.97 Å². The summed E-state index contributed by atoms with van der Waals surface area (Å²) in [5.74, 6) is -0.369. The smallest absolute Gasteiger partial charge is 0.310 e. The Hall–Kier alpha value is -0.250. The molecule has 0 amide bonds. The molecule has 76 valence electrons. The van der Waals surface area contributed by atoms with Crippen molar-refractivity contribution in [1.29, 1.82) is 0 Å². The molecule has 0 aromatic heterocycles. The van der Waals surface area contributed by atoms with Crippen LogP contribution >= 0.6 is 39.1 Å². The van der Waals surface area contributed by atoms with Gasteiger partial charge in [-0.2, -0.15) is 0 Å². The zero-order valence-corrected chi connectivity index (χ0v) is 10.4. The third kappa shape index (κ3) is 2.62. The van der Waals surface area contributed by atoms with Gasteiger partial charge < -0.3 is 4.74 Å². The maximum atomic E-state index is 11.0. The van der Waals surface area contributed by atoms with Crippen LogP contribution in [0.4, 0.5) is 0 Å². The summed E-state index contributed by atoms with van der Waals surface area (Å²) in [4.78, 5) is 11.0. The van der Waals surface area contributed by atoms with E-state index in [-0.39, 0.29) is 12.4 Å². The van der Waals surface area contributed by atoms with Crippen molar-refractivity contribution in [2.75, 3.05) is 7.11 Å². The Morgan fingerprint density at radius 2 is 2.14 bits per heavy atom. The highest BCUT2D eigenvalue weighted by molar-refractivity contribution is 9.10. The first-order chi connectivity index (χ1) is 6.56. The van der Waals surface area contributed by atoms with Crippen molar-refractivity contribution in [3.8, 4) is 0 Å². The number of carbonyl (C=O) groups is 1. The standard InChI is InChI=1S/C9H7BrCl2O2/c1-14-8(13)4-5-7(11)3-2-6(10)9(5)12/h2-3H,4H2,1H3. The molecule has 0 saturated carbocycles. The van der Waals surface area contributed by atoms with Gasteiger partial charge in [-0.15, -0.1) is 0 Å². The molecular weight excluding hydrogens is 291 g/mol. The molecule has 0 radical (unpaired) electrons. The average Bonchev–Trinajstić information content (AvgIpc) is 2.18. The predicted octanol–water partition coefficient (Wildman–Crippen LogP) is 3.47. The van der Waals surface area contributed by atoms with E-state index in [1.54, 1.807) is 12.1 Å². The Kier molecular flexibility index (Phi) is 4.23. The van der Waals surface area contributed by atoms with Crippen LogP contribution in [-0.2, 0) is 16.0 Å². The summed E-state index contributed by atoms with van der Waals surface area (Å²) in [5.41, 5.74) is 0.578. The van der Waals surface area contributed by atoms with Crippen LogP contribution in [0.1, 0.15) is 5.56 Å². The van der Waals surface area contributed by atoms with Crippen LogP contribution in [0.15, 0.2) is 16.6 Å². The fraction of sp³-hybridized carbons (Fsp3) is 0.222. The van der Waals surface area contributed by atoms with Crippen molar-refractivity contribution in [1.82, 2.24) is 0 Å². The molecule has 0 heterocycles. The minimum absolute atomic E-state index is 0.0770. The summed E-state index contributed by atoms with van der Waals surface area (Å²) in [6.45, 7) is 0.